The molecule has 1 saturated heterocycles. The maximum absolute atomic E-state index is 11.1. The third kappa shape index (κ3) is 3.58. The Hall–Kier alpha value is -2.21. The predicted octanol–water partition coefficient (Wildman–Crippen LogP) is 3.61. The van der Waals surface area contributed by atoms with Crippen LogP contribution in [0.15, 0.2) is 42.5 Å². The molecule has 1 fully saturated rings. The highest BCUT2D eigenvalue weighted by Crippen LogP contribution is 2.38. The molecular formula is C22H25ClN2O3. The number of aliphatic hydroxyl groups excluding tert-OH is 1. The van der Waals surface area contributed by atoms with E-state index in [2.05, 4.69) is 28.0 Å². The zero-order chi connectivity index (χ0) is 19.7. The SMILES string of the molecule is COc1cc2c(cc1OC)[C@@H](O)[C@H](N1CCN(c3cccc(Cl)c3)CC1)C=C2. The first kappa shape index (κ1) is 19.1. The van der Waals surface area contributed by atoms with Gasteiger partial charge in [0.05, 0.1) is 26.4 Å². The van der Waals surface area contributed by atoms with Gasteiger partial charge in [-0.2, -0.15) is 0 Å². The summed E-state index contributed by atoms with van der Waals surface area (Å²) in [4.78, 5) is 4.67. The van der Waals surface area contributed by atoms with E-state index < -0.39 is 6.10 Å². The monoisotopic (exact) mass is 400 g/mol. The number of hydrogen-bond donors (Lipinski definition) is 1. The average molecular weight is 401 g/mol. The Kier molecular flexibility index (Phi) is 5.49. The van der Waals surface area contributed by atoms with Gasteiger partial charge < -0.3 is 19.5 Å². The zero-order valence-corrected chi connectivity index (χ0v) is 16.9. The molecule has 1 heterocycles. The molecule has 28 heavy (non-hydrogen) atoms. The van der Waals surface area contributed by atoms with E-state index in [1.54, 1.807) is 14.2 Å². The van der Waals surface area contributed by atoms with Gasteiger partial charge in [0.1, 0.15) is 0 Å². The predicted molar refractivity (Wildman–Crippen MR) is 113 cm³/mol. The number of aliphatic hydroxyl groups is 1. The molecular weight excluding hydrogens is 376 g/mol. The van der Waals surface area contributed by atoms with Crippen LogP contribution < -0.4 is 14.4 Å². The van der Waals surface area contributed by atoms with Crippen molar-refractivity contribution in [3.63, 3.8) is 0 Å². The number of halogens is 1. The van der Waals surface area contributed by atoms with Gasteiger partial charge in [0.25, 0.3) is 0 Å². The van der Waals surface area contributed by atoms with Crippen molar-refractivity contribution in [2.45, 2.75) is 12.1 Å². The zero-order valence-electron chi connectivity index (χ0n) is 16.1. The highest BCUT2D eigenvalue weighted by molar-refractivity contribution is 6.30. The average Bonchev–Trinajstić information content (AvgIpc) is 2.73. The van der Waals surface area contributed by atoms with Gasteiger partial charge >= 0.3 is 0 Å². The molecule has 0 radical (unpaired) electrons. The van der Waals surface area contributed by atoms with Crippen molar-refractivity contribution in [1.29, 1.82) is 0 Å². The molecule has 0 aromatic heterocycles. The van der Waals surface area contributed by atoms with Crippen LogP contribution in [0.1, 0.15) is 17.2 Å². The van der Waals surface area contributed by atoms with Crippen LogP contribution in [0.3, 0.4) is 0 Å². The number of benzene rings is 2. The topological polar surface area (TPSA) is 45.2 Å². The van der Waals surface area contributed by atoms with Crippen LogP contribution >= 0.6 is 11.6 Å². The third-order valence-corrected chi connectivity index (χ3v) is 5.85. The van der Waals surface area contributed by atoms with E-state index >= 15 is 0 Å². The van der Waals surface area contributed by atoms with Crippen molar-refractivity contribution in [1.82, 2.24) is 4.90 Å². The Balaban J connectivity index is 1.49. The molecule has 0 amide bonds. The number of methoxy groups -OCH3 is 2. The van der Waals surface area contributed by atoms with Crippen molar-refractivity contribution < 1.29 is 14.6 Å². The lowest BCUT2D eigenvalue weighted by Crippen LogP contribution is -2.51. The fourth-order valence-electron chi connectivity index (χ4n) is 4.07. The molecule has 4 rings (SSSR count). The Bertz CT molecular complexity index is 878. The number of piperazine rings is 1. The maximum Gasteiger partial charge on any atom is 0.161 e. The van der Waals surface area contributed by atoms with Crippen molar-refractivity contribution in [3.8, 4) is 11.5 Å². The molecule has 0 unspecified atom stereocenters. The highest BCUT2D eigenvalue weighted by Gasteiger charge is 2.32. The fourth-order valence-corrected chi connectivity index (χ4v) is 4.26. The largest absolute Gasteiger partial charge is 0.493 e. The Morgan fingerprint density at radius 1 is 1.00 bits per heavy atom. The second-order valence-corrected chi connectivity index (χ2v) is 7.57. The van der Waals surface area contributed by atoms with E-state index in [-0.39, 0.29) is 6.04 Å². The highest BCUT2D eigenvalue weighted by atomic mass is 35.5. The Morgan fingerprint density at radius 3 is 2.39 bits per heavy atom. The van der Waals surface area contributed by atoms with Gasteiger partial charge in [-0.15, -0.1) is 0 Å². The second kappa shape index (κ2) is 8.03. The minimum absolute atomic E-state index is 0.0490. The summed E-state index contributed by atoms with van der Waals surface area (Å²) in [6.45, 7) is 3.55. The van der Waals surface area contributed by atoms with Crippen molar-refractivity contribution >= 4 is 23.4 Å². The molecule has 2 atom stereocenters. The number of rotatable bonds is 4. The molecule has 1 aliphatic carbocycles. The molecule has 2 aromatic carbocycles. The van der Waals surface area contributed by atoms with Crippen LogP contribution in [0.5, 0.6) is 11.5 Å². The summed E-state index contributed by atoms with van der Waals surface area (Å²) < 4.78 is 10.8. The summed E-state index contributed by atoms with van der Waals surface area (Å²) in [6, 6.07) is 11.7. The maximum atomic E-state index is 11.1. The van der Waals surface area contributed by atoms with Crippen LogP contribution in [0.25, 0.3) is 6.08 Å². The Labute approximate surface area is 170 Å². The lowest BCUT2D eigenvalue weighted by atomic mass is 9.89. The van der Waals surface area contributed by atoms with Gasteiger partial charge in [-0.25, -0.2) is 0 Å². The van der Waals surface area contributed by atoms with Crippen LogP contribution in [-0.2, 0) is 0 Å². The standard InChI is InChI=1S/C22H25ClN2O3/c1-27-20-12-15-6-7-19(22(26)18(15)14-21(20)28-2)25-10-8-24(9-11-25)17-5-3-4-16(23)13-17/h3-7,12-14,19,22,26H,8-11H2,1-2H3/t19-,22-/m1/s1. The minimum Gasteiger partial charge on any atom is -0.493 e. The third-order valence-electron chi connectivity index (χ3n) is 5.61. The van der Waals surface area contributed by atoms with Crippen LogP contribution in [0.2, 0.25) is 5.02 Å². The van der Waals surface area contributed by atoms with Gasteiger partial charge in [-0.05, 0) is 41.5 Å². The second-order valence-electron chi connectivity index (χ2n) is 7.13. The summed E-state index contributed by atoms with van der Waals surface area (Å²) in [6.07, 6.45) is 3.56. The lowest BCUT2D eigenvalue weighted by Gasteiger charge is -2.42. The molecule has 1 N–H and O–H groups in total. The van der Waals surface area contributed by atoms with Crippen LogP contribution in [0, 0.1) is 0 Å². The molecule has 2 aliphatic rings. The number of nitrogens with zero attached hydrogens (tertiary/aromatic N) is 2. The summed E-state index contributed by atoms with van der Waals surface area (Å²) in [7, 11) is 3.23. The van der Waals surface area contributed by atoms with E-state index in [0.717, 1.165) is 48.0 Å². The smallest absolute Gasteiger partial charge is 0.161 e. The number of fused-ring (bicyclic) bond motifs is 1. The number of anilines is 1. The molecule has 0 spiro atoms. The van der Waals surface area contributed by atoms with Gasteiger partial charge in [0, 0.05) is 36.9 Å². The summed E-state index contributed by atoms with van der Waals surface area (Å²) in [5.74, 6) is 1.31. The van der Waals surface area contributed by atoms with Crippen molar-refractivity contribution in [3.05, 3.63) is 58.6 Å². The van der Waals surface area contributed by atoms with Crippen LogP contribution in [-0.4, -0.2) is 56.4 Å². The van der Waals surface area contributed by atoms with E-state index in [9.17, 15) is 5.11 Å². The first-order valence-corrected chi connectivity index (χ1v) is 9.85. The summed E-state index contributed by atoms with van der Waals surface area (Å²) >= 11 is 6.13. The molecule has 148 valence electrons. The van der Waals surface area contributed by atoms with Gasteiger partial charge in [-0.1, -0.05) is 29.8 Å². The fraction of sp³-hybridized carbons (Fsp3) is 0.364. The number of hydrogen-bond acceptors (Lipinski definition) is 5. The molecule has 2 aromatic rings. The minimum atomic E-state index is -0.600. The van der Waals surface area contributed by atoms with Crippen LogP contribution in [0.4, 0.5) is 5.69 Å². The Morgan fingerprint density at radius 2 is 1.71 bits per heavy atom. The van der Waals surface area contributed by atoms with Gasteiger partial charge in [0.15, 0.2) is 11.5 Å². The molecule has 1 aliphatic heterocycles. The molecule has 6 heteroatoms. The van der Waals surface area contributed by atoms with E-state index in [1.165, 1.54) is 0 Å². The first-order chi connectivity index (χ1) is 13.6. The molecule has 0 saturated carbocycles. The van der Waals surface area contributed by atoms with Gasteiger partial charge in [-0.3, -0.25) is 4.90 Å². The normalized spacial score (nSPS) is 22.1. The van der Waals surface area contributed by atoms with Crippen molar-refractivity contribution in [2.24, 2.45) is 0 Å². The van der Waals surface area contributed by atoms with E-state index in [0.29, 0.717) is 11.5 Å². The van der Waals surface area contributed by atoms with E-state index in [4.69, 9.17) is 21.1 Å². The van der Waals surface area contributed by atoms with E-state index in [1.807, 2.05) is 30.3 Å². The molecule has 5 nitrogen and oxygen atoms in total. The lowest BCUT2D eigenvalue weighted by molar-refractivity contribution is 0.0682. The van der Waals surface area contributed by atoms with Gasteiger partial charge in [0.2, 0.25) is 0 Å². The number of ether oxygens (including phenoxy) is 2. The quantitative estimate of drug-likeness (QED) is 0.849. The summed E-state index contributed by atoms with van der Waals surface area (Å²) in [5, 5.41) is 11.8. The first-order valence-electron chi connectivity index (χ1n) is 9.47. The summed E-state index contributed by atoms with van der Waals surface area (Å²) in [5.41, 5.74) is 3.00. The molecule has 0 bridgehead atoms. The van der Waals surface area contributed by atoms with Crippen molar-refractivity contribution in [2.75, 3.05) is 45.3 Å².